The summed E-state index contributed by atoms with van der Waals surface area (Å²) >= 11 is 0. The summed E-state index contributed by atoms with van der Waals surface area (Å²) in [5.41, 5.74) is 3.23. The Hall–Kier alpha value is -2.21. The van der Waals surface area contributed by atoms with Crippen molar-refractivity contribution in [3.8, 4) is 0 Å². The number of hydrogen-bond acceptors (Lipinski definition) is 5. The van der Waals surface area contributed by atoms with Crippen LogP contribution in [0.3, 0.4) is 0 Å². The van der Waals surface area contributed by atoms with E-state index in [-0.39, 0.29) is 5.91 Å². The Morgan fingerprint density at radius 1 is 1.26 bits per heavy atom. The molecular weight excluding hydrogens is 340 g/mol. The third-order valence-corrected chi connectivity index (χ3v) is 6.01. The van der Waals surface area contributed by atoms with Gasteiger partial charge in [0.25, 0.3) is 0 Å². The van der Waals surface area contributed by atoms with E-state index >= 15 is 0 Å². The molecule has 144 valence electrons. The van der Waals surface area contributed by atoms with E-state index in [0.717, 1.165) is 49.6 Å². The first kappa shape index (κ1) is 18.2. The van der Waals surface area contributed by atoms with Gasteiger partial charge in [0.15, 0.2) is 0 Å². The minimum atomic E-state index is 0.271. The summed E-state index contributed by atoms with van der Waals surface area (Å²) in [5, 5.41) is 4.00. The molecule has 5 rings (SSSR count). The lowest BCUT2D eigenvalue weighted by Crippen LogP contribution is -2.47. The minimum absolute atomic E-state index is 0.271. The number of piperidine rings is 1. The van der Waals surface area contributed by atoms with E-state index in [0.29, 0.717) is 24.8 Å². The van der Waals surface area contributed by atoms with Crippen molar-refractivity contribution in [3.05, 3.63) is 47.1 Å². The maximum atomic E-state index is 13.0. The summed E-state index contributed by atoms with van der Waals surface area (Å²) < 4.78 is 5.23. The van der Waals surface area contributed by atoms with Gasteiger partial charge in [0.1, 0.15) is 5.76 Å². The average Bonchev–Trinajstić information content (AvgIpc) is 2.83. The second-order valence-corrected chi connectivity index (χ2v) is 8.00. The molecule has 5 heterocycles. The second-order valence-electron chi connectivity index (χ2n) is 8.00. The molecule has 0 spiro atoms. The molecule has 0 N–H and O–H groups in total. The van der Waals surface area contributed by atoms with Crippen LogP contribution >= 0.6 is 0 Å². The fourth-order valence-electron chi connectivity index (χ4n) is 4.60. The number of pyridine rings is 1. The van der Waals surface area contributed by atoms with E-state index in [1.54, 1.807) is 0 Å². The van der Waals surface area contributed by atoms with Gasteiger partial charge in [-0.2, -0.15) is 0 Å². The maximum Gasteiger partial charge on any atom is 0.223 e. The lowest BCUT2D eigenvalue weighted by molar-refractivity contribution is -0.135. The van der Waals surface area contributed by atoms with E-state index in [9.17, 15) is 4.79 Å². The number of nitrogens with zero attached hydrogens (tertiary/aromatic N) is 4. The molecule has 0 aliphatic carbocycles. The highest BCUT2D eigenvalue weighted by Gasteiger charge is 2.36. The van der Waals surface area contributed by atoms with Gasteiger partial charge in [0, 0.05) is 56.6 Å². The number of amides is 1. The largest absolute Gasteiger partial charge is 0.361 e. The molecule has 3 fully saturated rings. The van der Waals surface area contributed by atoms with Crippen LogP contribution < -0.4 is 0 Å². The number of rotatable bonds is 5. The predicted octanol–water partition coefficient (Wildman–Crippen LogP) is 2.74. The van der Waals surface area contributed by atoms with Gasteiger partial charge in [-0.25, -0.2) is 0 Å². The van der Waals surface area contributed by atoms with Gasteiger partial charge in [0.05, 0.1) is 5.69 Å². The molecule has 6 nitrogen and oxygen atoms in total. The van der Waals surface area contributed by atoms with Crippen LogP contribution in [0, 0.1) is 19.8 Å². The van der Waals surface area contributed by atoms with Gasteiger partial charge in [-0.3, -0.25) is 14.7 Å². The number of carbonyl (C=O) groups excluding carboxylic acids is 1. The Morgan fingerprint density at radius 2 is 2.15 bits per heavy atom. The van der Waals surface area contributed by atoms with E-state index in [2.05, 4.69) is 26.0 Å². The van der Waals surface area contributed by atoms with Crippen LogP contribution in [0.5, 0.6) is 0 Å². The van der Waals surface area contributed by atoms with Gasteiger partial charge in [0.2, 0.25) is 5.91 Å². The highest BCUT2D eigenvalue weighted by Crippen LogP contribution is 2.29. The molecule has 2 aromatic heterocycles. The van der Waals surface area contributed by atoms with Crippen molar-refractivity contribution < 1.29 is 9.32 Å². The van der Waals surface area contributed by atoms with Gasteiger partial charge in [-0.05, 0) is 50.7 Å². The fraction of sp³-hybridized carbons (Fsp3) is 0.571. The number of carbonyl (C=O) groups is 1. The van der Waals surface area contributed by atoms with Gasteiger partial charge in [-0.15, -0.1) is 0 Å². The Bertz CT molecular complexity index is 769. The van der Waals surface area contributed by atoms with Gasteiger partial charge in [-0.1, -0.05) is 11.2 Å². The summed E-state index contributed by atoms with van der Waals surface area (Å²) in [4.78, 5) is 21.8. The molecular formula is C21H28N4O2. The second kappa shape index (κ2) is 7.80. The molecule has 6 heteroatoms. The molecule has 0 aromatic carbocycles. The van der Waals surface area contributed by atoms with Crippen molar-refractivity contribution in [1.82, 2.24) is 19.9 Å². The molecule has 0 radical (unpaired) electrons. The number of hydrogen-bond donors (Lipinski definition) is 0. The van der Waals surface area contributed by atoms with Crippen molar-refractivity contribution in [2.24, 2.45) is 5.92 Å². The van der Waals surface area contributed by atoms with Crippen LogP contribution in [0.1, 0.15) is 41.8 Å². The molecule has 1 amide bonds. The van der Waals surface area contributed by atoms with Crippen molar-refractivity contribution in [1.29, 1.82) is 0 Å². The highest BCUT2D eigenvalue weighted by molar-refractivity contribution is 5.77. The van der Waals surface area contributed by atoms with Crippen LogP contribution in [0.15, 0.2) is 29.0 Å². The van der Waals surface area contributed by atoms with Crippen LogP contribution in [0.4, 0.5) is 0 Å². The van der Waals surface area contributed by atoms with Crippen molar-refractivity contribution >= 4 is 5.91 Å². The zero-order valence-electron chi connectivity index (χ0n) is 16.2. The van der Waals surface area contributed by atoms with E-state index in [1.165, 1.54) is 12.0 Å². The Balaban J connectivity index is 1.39. The molecule has 0 unspecified atom stereocenters. The van der Waals surface area contributed by atoms with Crippen molar-refractivity contribution in [2.45, 2.75) is 52.1 Å². The lowest BCUT2D eigenvalue weighted by atomic mass is 9.94. The predicted molar refractivity (Wildman–Crippen MR) is 102 cm³/mol. The first-order valence-electron chi connectivity index (χ1n) is 9.92. The van der Waals surface area contributed by atoms with Gasteiger partial charge < -0.3 is 9.42 Å². The molecule has 2 aromatic rings. The van der Waals surface area contributed by atoms with Crippen molar-refractivity contribution in [2.75, 3.05) is 19.6 Å². The Labute approximate surface area is 160 Å². The topological polar surface area (TPSA) is 62.5 Å². The third-order valence-electron chi connectivity index (χ3n) is 6.01. The van der Waals surface area contributed by atoms with Crippen LogP contribution in [-0.4, -0.2) is 51.5 Å². The molecule has 27 heavy (non-hydrogen) atoms. The van der Waals surface area contributed by atoms with Crippen LogP contribution in [0.2, 0.25) is 0 Å². The lowest BCUT2D eigenvalue weighted by Gasteiger charge is -2.36. The third kappa shape index (κ3) is 4.05. The normalized spacial score (nSPS) is 22.8. The molecule has 0 saturated carbocycles. The first-order valence-corrected chi connectivity index (χ1v) is 9.92. The smallest absolute Gasteiger partial charge is 0.223 e. The zero-order valence-corrected chi connectivity index (χ0v) is 16.2. The Kier molecular flexibility index (Phi) is 5.25. The molecule has 2 bridgehead atoms. The Morgan fingerprint density at radius 3 is 2.89 bits per heavy atom. The van der Waals surface area contributed by atoms with Crippen molar-refractivity contribution in [3.63, 3.8) is 0 Å². The number of aryl methyl sites for hydroxylation is 2. The summed E-state index contributed by atoms with van der Waals surface area (Å²) in [5.74, 6) is 1.68. The molecule has 3 saturated heterocycles. The summed E-state index contributed by atoms with van der Waals surface area (Å²) in [6.07, 6.45) is 7.35. The van der Waals surface area contributed by atoms with Crippen LogP contribution in [0.25, 0.3) is 0 Å². The van der Waals surface area contributed by atoms with E-state index < -0.39 is 0 Å². The molecule has 2 atom stereocenters. The summed E-state index contributed by atoms with van der Waals surface area (Å²) in [7, 11) is 0. The van der Waals surface area contributed by atoms with E-state index in [4.69, 9.17) is 4.52 Å². The number of aromatic nitrogens is 2. The zero-order chi connectivity index (χ0) is 18.8. The maximum absolute atomic E-state index is 13.0. The van der Waals surface area contributed by atoms with E-state index in [1.807, 2.05) is 32.3 Å². The van der Waals surface area contributed by atoms with Crippen LogP contribution in [-0.2, 0) is 17.8 Å². The van der Waals surface area contributed by atoms with Gasteiger partial charge >= 0.3 is 0 Å². The summed E-state index contributed by atoms with van der Waals surface area (Å²) in [6.45, 7) is 7.71. The highest BCUT2D eigenvalue weighted by atomic mass is 16.5. The SMILES string of the molecule is Cc1noc(C)c1CCC(=O)N1C[C@H]2CC[C@@H]1CN(Cc1cccnc1)C2. The minimum Gasteiger partial charge on any atom is -0.361 e. The molecule has 3 aliphatic heterocycles. The summed E-state index contributed by atoms with van der Waals surface area (Å²) in [6, 6.07) is 4.45. The first-order chi connectivity index (χ1) is 13.1. The fourth-order valence-corrected chi connectivity index (χ4v) is 4.60. The quantitative estimate of drug-likeness (QED) is 0.812. The molecule has 3 aliphatic rings. The monoisotopic (exact) mass is 368 g/mol. The average molecular weight is 368 g/mol. The number of fused-ring (bicyclic) bond motifs is 4. The standard InChI is InChI=1S/C21H28N4O2/c1-15-20(16(2)27-23-15)7-8-21(26)25-13-18-5-6-19(25)14-24(12-18)11-17-4-3-9-22-10-17/h3-4,9-10,18-19H,5-8,11-14H2,1-2H3/t18-,19+/m0/s1.